The predicted octanol–water partition coefficient (Wildman–Crippen LogP) is 1.73. The number of nitrogens with one attached hydrogen (secondary N) is 1. The van der Waals surface area contributed by atoms with Crippen molar-refractivity contribution in [2.45, 2.75) is 59.9 Å². The van der Waals surface area contributed by atoms with E-state index in [-0.39, 0.29) is 0 Å². The van der Waals surface area contributed by atoms with Crippen molar-refractivity contribution in [2.75, 3.05) is 0 Å². The summed E-state index contributed by atoms with van der Waals surface area (Å²) in [4.78, 5) is 1.70. The van der Waals surface area contributed by atoms with Gasteiger partial charge in [0, 0.05) is 0 Å². The third kappa shape index (κ3) is 4.24. The minimum Gasteiger partial charge on any atom is -0.0684 e. The SMILES string of the molecule is CCCC[C@@H](CC[n+]1nnn[nH]1)C(C)(C)C. The molecule has 1 rings (SSSR count). The maximum atomic E-state index is 3.85. The molecule has 0 aliphatic heterocycles. The van der Waals surface area contributed by atoms with Crippen LogP contribution >= 0.6 is 0 Å². The van der Waals surface area contributed by atoms with Crippen molar-refractivity contribution >= 4 is 0 Å². The number of nitrogens with zero attached hydrogens (tertiary/aromatic N) is 4. The molecule has 0 fully saturated rings. The van der Waals surface area contributed by atoms with Gasteiger partial charge in [-0.15, -0.1) is 0 Å². The predicted molar refractivity (Wildman–Crippen MR) is 61.5 cm³/mol. The van der Waals surface area contributed by atoms with E-state index in [1.807, 2.05) is 0 Å². The molecule has 0 radical (unpaired) electrons. The molecule has 5 nitrogen and oxygen atoms in total. The molecule has 1 aromatic heterocycles. The monoisotopic (exact) mass is 226 g/mol. The maximum Gasteiger partial charge on any atom is 0.231 e. The lowest BCUT2D eigenvalue weighted by molar-refractivity contribution is -0.808. The summed E-state index contributed by atoms with van der Waals surface area (Å²) < 4.78 is 0. The van der Waals surface area contributed by atoms with Crippen LogP contribution in [0.5, 0.6) is 0 Å². The van der Waals surface area contributed by atoms with Crippen LogP contribution in [0.25, 0.3) is 0 Å². The van der Waals surface area contributed by atoms with Gasteiger partial charge in [-0.05, 0) is 24.2 Å². The summed E-state index contributed by atoms with van der Waals surface area (Å²) in [5.74, 6) is 0.727. The summed E-state index contributed by atoms with van der Waals surface area (Å²) in [6, 6.07) is 0. The molecule has 0 spiro atoms. The van der Waals surface area contributed by atoms with Gasteiger partial charge in [-0.25, -0.2) is 0 Å². The Bertz CT molecular complexity index is 275. The molecule has 0 amide bonds. The third-order valence-electron chi connectivity index (χ3n) is 3.17. The molecule has 1 atom stereocenters. The first-order valence-electron chi connectivity index (χ1n) is 6.18. The van der Waals surface area contributed by atoms with Crippen molar-refractivity contribution in [1.29, 1.82) is 0 Å². The largest absolute Gasteiger partial charge is 0.231 e. The number of rotatable bonds is 6. The normalized spacial score (nSPS) is 14.0. The van der Waals surface area contributed by atoms with Crippen molar-refractivity contribution < 1.29 is 4.80 Å². The first kappa shape index (κ1) is 13.1. The van der Waals surface area contributed by atoms with E-state index in [0.717, 1.165) is 18.9 Å². The average Bonchev–Trinajstić information content (AvgIpc) is 2.68. The Labute approximate surface area is 97.6 Å². The van der Waals surface area contributed by atoms with Crippen LogP contribution in [0.2, 0.25) is 0 Å². The summed E-state index contributed by atoms with van der Waals surface area (Å²) in [5, 5.41) is 13.7. The molecule has 16 heavy (non-hydrogen) atoms. The standard InChI is InChI=1S/C11H23N5/c1-5-6-7-10(11(2,3)4)8-9-16-14-12-13-15-16/h10H,5-9H2,1-4H3/p+1/t10-/m0/s1. The molecule has 1 heterocycles. The smallest absolute Gasteiger partial charge is 0.0684 e. The summed E-state index contributed by atoms with van der Waals surface area (Å²) in [7, 11) is 0. The highest BCUT2D eigenvalue weighted by Crippen LogP contribution is 2.32. The summed E-state index contributed by atoms with van der Waals surface area (Å²) in [6.45, 7) is 10.1. The highest BCUT2D eigenvalue weighted by Gasteiger charge is 2.24. The van der Waals surface area contributed by atoms with Crippen molar-refractivity contribution in [1.82, 2.24) is 20.9 Å². The minimum atomic E-state index is 0.364. The number of aromatic amines is 1. The van der Waals surface area contributed by atoms with Gasteiger partial charge < -0.3 is 0 Å². The average molecular weight is 226 g/mol. The summed E-state index contributed by atoms with van der Waals surface area (Å²) >= 11 is 0. The summed E-state index contributed by atoms with van der Waals surface area (Å²) in [6.07, 6.45) is 5.00. The molecule has 0 aliphatic carbocycles. The molecule has 92 valence electrons. The number of H-pyrrole nitrogens is 1. The lowest BCUT2D eigenvalue weighted by Gasteiger charge is -2.30. The Kier molecular flexibility index (Phi) is 4.83. The zero-order valence-corrected chi connectivity index (χ0v) is 10.9. The van der Waals surface area contributed by atoms with E-state index in [9.17, 15) is 0 Å². The van der Waals surface area contributed by atoms with Crippen LogP contribution in [0.3, 0.4) is 0 Å². The highest BCUT2D eigenvalue weighted by atomic mass is 15.7. The molecule has 0 aliphatic rings. The van der Waals surface area contributed by atoms with E-state index in [2.05, 4.69) is 48.5 Å². The van der Waals surface area contributed by atoms with Gasteiger partial charge in [-0.1, -0.05) is 50.5 Å². The van der Waals surface area contributed by atoms with E-state index >= 15 is 0 Å². The first-order valence-corrected chi connectivity index (χ1v) is 6.18. The van der Waals surface area contributed by atoms with Crippen molar-refractivity contribution in [2.24, 2.45) is 11.3 Å². The molecule has 1 aromatic rings. The molecule has 1 N–H and O–H groups in total. The van der Waals surface area contributed by atoms with Crippen molar-refractivity contribution in [3.05, 3.63) is 0 Å². The van der Waals surface area contributed by atoms with Gasteiger partial charge in [-0.2, -0.15) is 0 Å². The van der Waals surface area contributed by atoms with Crippen molar-refractivity contribution in [3.63, 3.8) is 0 Å². The van der Waals surface area contributed by atoms with Gasteiger partial charge in [0.2, 0.25) is 10.4 Å². The van der Waals surface area contributed by atoms with Gasteiger partial charge >= 0.3 is 0 Å². The second kappa shape index (κ2) is 5.92. The molecular weight excluding hydrogens is 202 g/mol. The Morgan fingerprint density at radius 2 is 2.00 bits per heavy atom. The van der Waals surface area contributed by atoms with Crippen LogP contribution < -0.4 is 4.80 Å². The van der Waals surface area contributed by atoms with E-state index in [4.69, 9.17) is 0 Å². The Morgan fingerprint density at radius 3 is 2.50 bits per heavy atom. The fourth-order valence-corrected chi connectivity index (χ4v) is 1.99. The first-order chi connectivity index (χ1) is 7.54. The molecule has 0 saturated heterocycles. The fraction of sp³-hybridized carbons (Fsp3) is 1.00. The number of hydrogen-bond donors (Lipinski definition) is 1. The lowest BCUT2D eigenvalue weighted by atomic mass is 9.76. The van der Waals surface area contributed by atoms with E-state index in [1.54, 1.807) is 4.80 Å². The molecular formula is C11H24N5+. The third-order valence-corrected chi connectivity index (χ3v) is 3.17. The van der Waals surface area contributed by atoms with E-state index in [0.29, 0.717) is 5.41 Å². The van der Waals surface area contributed by atoms with Gasteiger partial charge in [-0.3, -0.25) is 0 Å². The van der Waals surface area contributed by atoms with Crippen LogP contribution in [0.4, 0.5) is 0 Å². The van der Waals surface area contributed by atoms with Crippen LogP contribution in [0, 0.1) is 11.3 Å². The van der Waals surface area contributed by atoms with Crippen molar-refractivity contribution in [3.8, 4) is 0 Å². The second-order valence-corrected chi connectivity index (χ2v) is 5.50. The summed E-state index contributed by atoms with van der Waals surface area (Å²) in [5.41, 5.74) is 0.364. The van der Waals surface area contributed by atoms with Crippen LogP contribution in [-0.4, -0.2) is 20.9 Å². The second-order valence-electron chi connectivity index (χ2n) is 5.50. The lowest BCUT2D eigenvalue weighted by Crippen LogP contribution is -2.41. The van der Waals surface area contributed by atoms with Gasteiger partial charge in [0.05, 0.1) is 0 Å². The van der Waals surface area contributed by atoms with E-state index < -0.39 is 0 Å². The molecule has 0 bridgehead atoms. The number of aryl methyl sites for hydroxylation is 1. The molecule has 5 heteroatoms. The zero-order valence-electron chi connectivity index (χ0n) is 10.9. The Hall–Kier alpha value is -1.00. The number of unbranched alkanes of at least 4 members (excludes halogenated alkanes) is 1. The van der Waals surface area contributed by atoms with Crippen LogP contribution in [0.15, 0.2) is 0 Å². The minimum absolute atomic E-state index is 0.364. The van der Waals surface area contributed by atoms with Gasteiger partial charge in [0.25, 0.3) is 0 Å². The molecule has 0 unspecified atom stereocenters. The van der Waals surface area contributed by atoms with Gasteiger partial charge in [0.1, 0.15) is 11.8 Å². The van der Waals surface area contributed by atoms with Crippen LogP contribution in [0.1, 0.15) is 53.4 Å². The Morgan fingerprint density at radius 1 is 1.25 bits per heavy atom. The topological polar surface area (TPSA) is 58.3 Å². The number of aromatic nitrogens is 5. The quantitative estimate of drug-likeness (QED) is 0.751. The fourth-order valence-electron chi connectivity index (χ4n) is 1.99. The molecule has 0 aromatic carbocycles. The maximum absolute atomic E-state index is 3.85. The Balaban J connectivity index is 2.44. The van der Waals surface area contributed by atoms with Gasteiger partial charge in [0.15, 0.2) is 0 Å². The number of hydrogen-bond acceptors (Lipinski definition) is 3. The molecule has 0 saturated carbocycles. The van der Waals surface area contributed by atoms with Crippen LogP contribution in [-0.2, 0) is 6.54 Å². The highest BCUT2D eigenvalue weighted by molar-refractivity contribution is 4.72. The van der Waals surface area contributed by atoms with E-state index in [1.165, 1.54) is 19.3 Å². The zero-order chi connectivity index (χ0) is 12.0.